The van der Waals surface area contributed by atoms with E-state index in [0.717, 1.165) is 83.5 Å². The van der Waals surface area contributed by atoms with E-state index in [1.54, 1.807) is 0 Å². The highest BCUT2D eigenvalue weighted by Crippen LogP contribution is 2.45. The highest BCUT2D eigenvalue weighted by molar-refractivity contribution is 6.29. The monoisotopic (exact) mass is 726 g/mol. The molecule has 0 saturated carbocycles. The highest BCUT2D eigenvalue weighted by Gasteiger charge is 2.22. The van der Waals surface area contributed by atoms with Crippen molar-refractivity contribution in [3.05, 3.63) is 206 Å². The lowest BCUT2D eigenvalue weighted by molar-refractivity contribution is 1.18. The molecule has 0 unspecified atom stereocenters. The quantitative estimate of drug-likeness (QED) is 0.160. The Bertz CT molecular complexity index is 3190. The van der Waals surface area contributed by atoms with E-state index in [4.69, 9.17) is 15.0 Å². The molecule has 3 aromatic heterocycles. The summed E-state index contributed by atoms with van der Waals surface area (Å²) in [5.74, 6) is 0.693. The van der Waals surface area contributed by atoms with Gasteiger partial charge in [-0.1, -0.05) is 176 Å². The summed E-state index contributed by atoms with van der Waals surface area (Å²) in [4.78, 5) is 15.6. The Hall–Kier alpha value is -7.69. The third-order valence-electron chi connectivity index (χ3n) is 11.0. The number of pyridine rings is 1. The van der Waals surface area contributed by atoms with Gasteiger partial charge in [0, 0.05) is 55.0 Å². The maximum Gasteiger partial charge on any atom is 0.160 e. The van der Waals surface area contributed by atoms with Gasteiger partial charge in [-0.25, -0.2) is 15.0 Å². The van der Waals surface area contributed by atoms with Crippen molar-refractivity contribution >= 4 is 43.5 Å². The van der Waals surface area contributed by atoms with Crippen molar-refractivity contribution in [2.24, 2.45) is 0 Å². The number of benzene rings is 8. The smallest absolute Gasteiger partial charge is 0.160 e. The SMILES string of the molecule is c1ccc(-c2cc(-c3ccccc3)nc(-c3ccc(-c4cccc5c6c7c(-c8ccccc8)nc8ccccc8c7ccc6n(-c6ccccc6)c45)cc3)n2)cc1. The molecule has 266 valence electrons. The van der Waals surface area contributed by atoms with Gasteiger partial charge in [-0.15, -0.1) is 0 Å². The van der Waals surface area contributed by atoms with Crippen molar-refractivity contribution < 1.29 is 0 Å². The van der Waals surface area contributed by atoms with Crippen LogP contribution in [0.4, 0.5) is 0 Å². The zero-order chi connectivity index (χ0) is 37.7. The van der Waals surface area contributed by atoms with E-state index in [2.05, 4.69) is 174 Å². The fraction of sp³-hybridized carbons (Fsp3) is 0. The Balaban J connectivity index is 1.15. The Morgan fingerprint density at radius 3 is 1.58 bits per heavy atom. The summed E-state index contributed by atoms with van der Waals surface area (Å²) in [6.07, 6.45) is 0. The summed E-state index contributed by atoms with van der Waals surface area (Å²) in [6, 6.07) is 72.5. The third kappa shape index (κ3) is 5.58. The second-order valence-corrected chi connectivity index (χ2v) is 14.4. The van der Waals surface area contributed by atoms with Gasteiger partial charge in [0.2, 0.25) is 0 Å². The maximum absolute atomic E-state index is 5.36. The van der Waals surface area contributed by atoms with Crippen molar-refractivity contribution in [2.45, 2.75) is 0 Å². The zero-order valence-electron chi connectivity index (χ0n) is 30.9. The normalized spacial score (nSPS) is 11.5. The van der Waals surface area contributed by atoms with Crippen LogP contribution in [0.15, 0.2) is 206 Å². The van der Waals surface area contributed by atoms with E-state index in [1.165, 1.54) is 16.2 Å². The van der Waals surface area contributed by atoms with E-state index in [1.807, 2.05) is 36.4 Å². The summed E-state index contributed by atoms with van der Waals surface area (Å²) >= 11 is 0. The molecule has 3 heterocycles. The highest BCUT2D eigenvalue weighted by atomic mass is 15.0. The zero-order valence-corrected chi connectivity index (χ0v) is 30.9. The number of nitrogens with zero attached hydrogens (tertiary/aromatic N) is 4. The number of para-hydroxylation sites is 3. The molecule has 0 amide bonds. The van der Waals surface area contributed by atoms with Gasteiger partial charge in [0.05, 0.1) is 33.6 Å². The molecule has 4 heteroatoms. The Labute approximate surface area is 330 Å². The minimum atomic E-state index is 0.693. The number of aromatic nitrogens is 4. The average Bonchev–Trinajstić information content (AvgIpc) is 3.65. The molecule has 0 aliphatic carbocycles. The van der Waals surface area contributed by atoms with Gasteiger partial charge in [0.1, 0.15) is 0 Å². The van der Waals surface area contributed by atoms with E-state index in [-0.39, 0.29) is 0 Å². The number of rotatable bonds is 6. The van der Waals surface area contributed by atoms with Crippen LogP contribution in [-0.2, 0) is 0 Å². The lowest BCUT2D eigenvalue weighted by atomic mass is 9.95. The van der Waals surface area contributed by atoms with Crippen molar-refractivity contribution in [2.75, 3.05) is 0 Å². The lowest BCUT2D eigenvalue weighted by Gasteiger charge is -2.13. The topological polar surface area (TPSA) is 43.6 Å². The molecule has 0 N–H and O–H groups in total. The first-order valence-corrected chi connectivity index (χ1v) is 19.3. The van der Waals surface area contributed by atoms with Gasteiger partial charge in [-0.3, -0.25) is 0 Å². The summed E-state index contributed by atoms with van der Waals surface area (Å²) in [6.45, 7) is 0. The molecular formula is C53H34N4. The molecule has 8 aromatic carbocycles. The van der Waals surface area contributed by atoms with Crippen LogP contribution in [0.3, 0.4) is 0 Å². The molecule has 11 rings (SSSR count). The summed E-state index contributed by atoms with van der Waals surface area (Å²) < 4.78 is 2.43. The van der Waals surface area contributed by atoms with Gasteiger partial charge >= 0.3 is 0 Å². The Morgan fingerprint density at radius 2 is 0.912 bits per heavy atom. The van der Waals surface area contributed by atoms with Crippen LogP contribution >= 0.6 is 0 Å². The Kier molecular flexibility index (Phi) is 7.78. The first-order valence-electron chi connectivity index (χ1n) is 19.3. The van der Waals surface area contributed by atoms with Crippen molar-refractivity contribution in [3.8, 4) is 62.0 Å². The maximum atomic E-state index is 5.36. The molecule has 0 fully saturated rings. The van der Waals surface area contributed by atoms with E-state index >= 15 is 0 Å². The second kappa shape index (κ2) is 13.6. The van der Waals surface area contributed by atoms with Gasteiger partial charge in [0.15, 0.2) is 5.82 Å². The van der Waals surface area contributed by atoms with Crippen LogP contribution in [0.25, 0.3) is 105 Å². The van der Waals surface area contributed by atoms with Crippen molar-refractivity contribution in [1.82, 2.24) is 19.5 Å². The summed E-state index contributed by atoms with van der Waals surface area (Å²) in [7, 11) is 0. The minimum Gasteiger partial charge on any atom is -0.309 e. The van der Waals surface area contributed by atoms with Crippen molar-refractivity contribution in [1.29, 1.82) is 0 Å². The first kappa shape index (κ1) is 32.7. The van der Waals surface area contributed by atoms with E-state index < -0.39 is 0 Å². The van der Waals surface area contributed by atoms with Crippen LogP contribution < -0.4 is 0 Å². The summed E-state index contributed by atoms with van der Waals surface area (Å²) in [5, 5.41) is 5.88. The van der Waals surface area contributed by atoms with Gasteiger partial charge < -0.3 is 4.57 Å². The molecule has 0 aliphatic rings. The molecule has 0 aliphatic heterocycles. The fourth-order valence-corrected chi connectivity index (χ4v) is 8.37. The second-order valence-electron chi connectivity index (χ2n) is 14.4. The van der Waals surface area contributed by atoms with E-state index in [0.29, 0.717) is 5.82 Å². The first-order chi connectivity index (χ1) is 28.3. The van der Waals surface area contributed by atoms with Crippen LogP contribution in [-0.4, -0.2) is 19.5 Å². The molecule has 57 heavy (non-hydrogen) atoms. The standard InChI is InChI=1S/C53H34N4/c1-5-16-36(17-6-1)46-34-47(37-18-7-2-8-19-37)56-53(55-46)39-30-28-35(29-31-39)41-25-15-26-44-49-48(57(52(41)44)40-22-11-4-12-23-40)33-32-43-42-24-13-14-27-45(42)54-51(50(43)49)38-20-9-3-10-21-38/h1-34H. The van der Waals surface area contributed by atoms with Gasteiger partial charge in [-0.05, 0) is 41.3 Å². The molecule has 0 atom stereocenters. The molecule has 11 aromatic rings. The molecule has 0 bridgehead atoms. The van der Waals surface area contributed by atoms with Gasteiger partial charge in [0.25, 0.3) is 0 Å². The molecule has 4 nitrogen and oxygen atoms in total. The molecule has 0 radical (unpaired) electrons. The number of hydrogen-bond donors (Lipinski definition) is 0. The predicted molar refractivity (Wildman–Crippen MR) is 236 cm³/mol. The lowest BCUT2D eigenvalue weighted by Crippen LogP contribution is -1.96. The summed E-state index contributed by atoms with van der Waals surface area (Å²) in [5.41, 5.74) is 13.6. The van der Waals surface area contributed by atoms with Gasteiger partial charge in [-0.2, -0.15) is 0 Å². The third-order valence-corrected chi connectivity index (χ3v) is 11.0. The van der Waals surface area contributed by atoms with E-state index in [9.17, 15) is 0 Å². The predicted octanol–water partition coefficient (Wildman–Crippen LogP) is 13.6. The minimum absolute atomic E-state index is 0.693. The Morgan fingerprint density at radius 1 is 0.351 bits per heavy atom. The number of hydrogen-bond acceptors (Lipinski definition) is 3. The van der Waals surface area contributed by atoms with Crippen LogP contribution in [0, 0.1) is 0 Å². The fourth-order valence-electron chi connectivity index (χ4n) is 8.37. The molecule has 0 saturated heterocycles. The average molecular weight is 727 g/mol. The van der Waals surface area contributed by atoms with Crippen LogP contribution in [0.2, 0.25) is 0 Å². The van der Waals surface area contributed by atoms with Crippen molar-refractivity contribution in [3.63, 3.8) is 0 Å². The largest absolute Gasteiger partial charge is 0.309 e. The number of fused-ring (bicyclic) bond motifs is 7. The van der Waals surface area contributed by atoms with Crippen LogP contribution in [0.1, 0.15) is 0 Å². The molecule has 0 spiro atoms. The van der Waals surface area contributed by atoms with Crippen LogP contribution in [0.5, 0.6) is 0 Å². The molecular weight excluding hydrogens is 693 g/mol.